The van der Waals surface area contributed by atoms with Crippen LogP contribution in [0.2, 0.25) is 0 Å². The molecule has 0 aliphatic rings. The van der Waals surface area contributed by atoms with E-state index < -0.39 is 11.0 Å². The zero-order valence-corrected chi connectivity index (χ0v) is 18.1. The number of rotatable bonds is 8. The van der Waals surface area contributed by atoms with Gasteiger partial charge in [-0.1, -0.05) is 64.5 Å². The molecule has 140 valence electrons. The van der Waals surface area contributed by atoms with Crippen molar-refractivity contribution in [3.8, 4) is 0 Å². The van der Waals surface area contributed by atoms with Crippen molar-refractivity contribution in [1.29, 1.82) is 0 Å². The van der Waals surface area contributed by atoms with E-state index in [1.54, 1.807) is 0 Å². The Kier molecular flexibility index (Phi) is 7.81. The van der Waals surface area contributed by atoms with Crippen molar-refractivity contribution in [1.82, 2.24) is 4.72 Å². The van der Waals surface area contributed by atoms with Crippen LogP contribution in [0.5, 0.6) is 0 Å². The molecule has 0 fully saturated rings. The van der Waals surface area contributed by atoms with Gasteiger partial charge in [-0.2, -0.15) is 0 Å². The zero-order chi connectivity index (χ0) is 19.2. The van der Waals surface area contributed by atoms with Gasteiger partial charge in [0.1, 0.15) is 0 Å². The van der Waals surface area contributed by atoms with E-state index >= 15 is 0 Å². The highest BCUT2D eigenvalue weighted by atomic mass is 79.9. The molecule has 0 saturated heterocycles. The van der Waals surface area contributed by atoms with Crippen molar-refractivity contribution >= 4 is 26.9 Å². The summed E-state index contributed by atoms with van der Waals surface area (Å²) in [6.07, 6.45) is 3.78. The molecule has 3 atom stereocenters. The average Bonchev–Trinajstić information content (AvgIpc) is 2.61. The fraction of sp³-hybridized carbons (Fsp3) is 0.364. The van der Waals surface area contributed by atoms with Crippen LogP contribution in [0, 0.1) is 0 Å². The third kappa shape index (κ3) is 6.19. The van der Waals surface area contributed by atoms with E-state index in [0.717, 1.165) is 17.3 Å². The molecule has 4 heteroatoms. The van der Waals surface area contributed by atoms with Crippen LogP contribution < -0.4 is 4.72 Å². The maximum atomic E-state index is 12.8. The molecule has 26 heavy (non-hydrogen) atoms. The molecule has 0 aromatic heterocycles. The van der Waals surface area contributed by atoms with Crippen LogP contribution in [-0.4, -0.2) is 15.0 Å². The summed E-state index contributed by atoms with van der Waals surface area (Å²) >= 11 is 3.49. The highest BCUT2D eigenvalue weighted by Crippen LogP contribution is 2.27. The van der Waals surface area contributed by atoms with Gasteiger partial charge >= 0.3 is 0 Å². The van der Waals surface area contributed by atoms with E-state index in [4.69, 9.17) is 0 Å². The van der Waals surface area contributed by atoms with Crippen molar-refractivity contribution in [3.63, 3.8) is 0 Å². The third-order valence-electron chi connectivity index (χ3n) is 4.34. The second-order valence-electron chi connectivity index (χ2n) is 7.44. The van der Waals surface area contributed by atoms with Crippen molar-refractivity contribution in [3.05, 3.63) is 82.9 Å². The van der Waals surface area contributed by atoms with Crippen LogP contribution in [0.4, 0.5) is 0 Å². The molecule has 0 amide bonds. The maximum Gasteiger partial charge on any atom is 0.0973 e. The van der Waals surface area contributed by atoms with Crippen LogP contribution in [0.1, 0.15) is 44.2 Å². The summed E-state index contributed by atoms with van der Waals surface area (Å²) in [7, 11) is -1.13. The number of hydrogen-bond donors (Lipinski definition) is 1. The third-order valence-corrected chi connectivity index (χ3v) is 6.50. The summed E-state index contributed by atoms with van der Waals surface area (Å²) in [5, 5.41) is 0. The first-order valence-corrected chi connectivity index (χ1v) is 10.9. The molecule has 0 aliphatic carbocycles. The van der Waals surface area contributed by atoms with Crippen molar-refractivity contribution < 1.29 is 4.21 Å². The van der Waals surface area contributed by atoms with Crippen LogP contribution >= 0.6 is 15.9 Å². The van der Waals surface area contributed by atoms with Crippen LogP contribution in [-0.2, 0) is 17.4 Å². The van der Waals surface area contributed by atoms with Gasteiger partial charge in [-0.15, -0.1) is 6.58 Å². The molecule has 0 spiro atoms. The van der Waals surface area contributed by atoms with Gasteiger partial charge in [-0.3, -0.25) is 0 Å². The average molecular weight is 434 g/mol. The van der Waals surface area contributed by atoms with Crippen molar-refractivity contribution in [2.75, 3.05) is 0 Å². The molecule has 0 saturated carbocycles. The minimum absolute atomic E-state index is 0.0499. The Bertz CT molecular complexity index is 722. The summed E-state index contributed by atoms with van der Waals surface area (Å²) in [6, 6.07) is 18.8. The lowest BCUT2D eigenvalue weighted by Gasteiger charge is -2.29. The fourth-order valence-corrected chi connectivity index (χ4v) is 3.97. The second kappa shape index (κ2) is 9.63. The molecule has 0 heterocycles. The fourth-order valence-electron chi connectivity index (χ4n) is 2.81. The predicted octanol–water partition coefficient (Wildman–Crippen LogP) is 5.77. The minimum Gasteiger partial charge on any atom is -0.242 e. The second-order valence-corrected chi connectivity index (χ2v) is 10.4. The summed E-state index contributed by atoms with van der Waals surface area (Å²) < 4.78 is 16.9. The SMILES string of the molecule is C=C[C@H](c1ccc(Br)cc1)[C@H](CCc1ccccc1)NS(=O)C(C)(C)C. The number of benzene rings is 2. The van der Waals surface area contributed by atoms with Gasteiger partial charge < -0.3 is 0 Å². The van der Waals surface area contributed by atoms with E-state index in [1.165, 1.54) is 11.1 Å². The molecule has 2 rings (SSSR count). The van der Waals surface area contributed by atoms with Gasteiger partial charge in [0.05, 0.1) is 15.7 Å². The lowest BCUT2D eigenvalue weighted by Crippen LogP contribution is -2.42. The Balaban J connectivity index is 2.23. The van der Waals surface area contributed by atoms with Gasteiger partial charge in [0, 0.05) is 16.4 Å². The Morgan fingerprint density at radius 2 is 1.73 bits per heavy atom. The summed E-state index contributed by atoms with van der Waals surface area (Å²) in [4.78, 5) is 0. The Morgan fingerprint density at radius 1 is 1.12 bits per heavy atom. The normalized spacial score (nSPS) is 15.2. The van der Waals surface area contributed by atoms with E-state index in [0.29, 0.717) is 0 Å². The minimum atomic E-state index is -1.13. The van der Waals surface area contributed by atoms with E-state index in [1.807, 2.05) is 45.0 Å². The van der Waals surface area contributed by atoms with E-state index in [2.05, 4.69) is 63.6 Å². The molecule has 0 bridgehead atoms. The Hall–Kier alpha value is -1.23. The standard InChI is InChI=1S/C22H28BrNOS/c1-5-20(18-12-14-19(23)15-13-18)21(24-26(25)22(2,3)4)16-11-17-9-7-6-8-10-17/h5-10,12-15,20-21,24H,1,11,16H2,2-4H3/t20-,21+,26?/m1/s1. The van der Waals surface area contributed by atoms with Crippen molar-refractivity contribution in [2.45, 2.75) is 50.3 Å². The monoisotopic (exact) mass is 433 g/mol. The van der Waals surface area contributed by atoms with Crippen molar-refractivity contribution in [2.24, 2.45) is 0 Å². The highest BCUT2D eigenvalue weighted by Gasteiger charge is 2.27. The van der Waals surface area contributed by atoms with Gasteiger partial charge in [0.15, 0.2) is 0 Å². The van der Waals surface area contributed by atoms with Gasteiger partial charge in [0.2, 0.25) is 0 Å². The molecular weight excluding hydrogens is 406 g/mol. The molecule has 2 nitrogen and oxygen atoms in total. The molecule has 0 aliphatic heterocycles. The Labute approximate surface area is 168 Å². The number of nitrogens with one attached hydrogen (secondary N) is 1. The number of aryl methyl sites for hydroxylation is 1. The first kappa shape index (κ1) is 21.1. The summed E-state index contributed by atoms with van der Waals surface area (Å²) in [6.45, 7) is 10.0. The lowest BCUT2D eigenvalue weighted by molar-refractivity contribution is 0.512. The van der Waals surface area contributed by atoms with Crippen LogP contribution in [0.25, 0.3) is 0 Å². The predicted molar refractivity (Wildman–Crippen MR) is 117 cm³/mol. The zero-order valence-electron chi connectivity index (χ0n) is 15.7. The maximum absolute atomic E-state index is 12.8. The summed E-state index contributed by atoms with van der Waals surface area (Å²) in [5.74, 6) is 0.0955. The Morgan fingerprint density at radius 3 is 2.27 bits per heavy atom. The molecule has 1 unspecified atom stereocenters. The van der Waals surface area contributed by atoms with Gasteiger partial charge in [-0.25, -0.2) is 8.93 Å². The summed E-state index contributed by atoms with van der Waals surface area (Å²) in [5.41, 5.74) is 2.47. The largest absolute Gasteiger partial charge is 0.242 e. The van der Waals surface area contributed by atoms with E-state index in [-0.39, 0.29) is 16.7 Å². The lowest BCUT2D eigenvalue weighted by atomic mass is 9.88. The van der Waals surface area contributed by atoms with Crippen LogP contribution in [0.15, 0.2) is 71.7 Å². The molecule has 0 radical (unpaired) electrons. The van der Waals surface area contributed by atoms with Gasteiger partial charge in [0.25, 0.3) is 0 Å². The van der Waals surface area contributed by atoms with Crippen LogP contribution in [0.3, 0.4) is 0 Å². The first-order valence-electron chi connectivity index (χ1n) is 8.91. The number of halogens is 1. The smallest absolute Gasteiger partial charge is 0.0973 e. The topological polar surface area (TPSA) is 29.1 Å². The molecule has 2 aromatic rings. The molecule has 1 N–H and O–H groups in total. The molecule has 2 aromatic carbocycles. The quantitative estimate of drug-likeness (QED) is 0.525. The van der Waals surface area contributed by atoms with E-state index in [9.17, 15) is 4.21 Å². The van der Waals surface area contributed by atoms with Gasteiger partial charge in [-0.05, 0) is 56.9 Å². The molecular formula is C22H28BrNOS. The number of hydrogen-bond acceptors (Lipinski definition) is 1. The first-order chi connectivity index (χ1) is 12.3. The highest BCUT2D eigenvalue weighted by molar-refractivity contribution is 9.10.